The molecular formula is C15H29BN2S. The Balaban J connectivity index is 3.41. The molecule has 1 atom stereocenters. The first kappa shape index (κ1) is 16.5. The average molecular weight is 280 g/mol. The van der Waals surface area contributed by atoms with Gasteiger partial charge in [0, 0.05) is 22.7 Å². The molecule has 0 bridgehead atoms. The van der Waals surface area contributed by atoms with Crippen molar-refractivity contribution < 1.29 is 0 Å². The summed E-state index contributed by atoms with van der Waals surface area (Å²) in [5, 5.41) is 0. The van der Waals surface area contributed by atoms with Crippen LogP contribution in [0.2, 0.25) is 0 Å². The molecule has 0 aromatic carbocycles. The van der Waals surface area contributed by atoms with Gasteiger partial charge < -0.3 is 4.57 Å². The van der Waals surface area contributed by atoms with Crippen LogP contribution in [0.25, 0.3) is 0 Å². The third-order valence-corrected chi connectivity index (χ3v) is 4.57. The van der Waals surface area contributed by atoms with E-state index in [0.717, 1.165) is 0 Å². The third-order valence-electron chi connectivity index (χ3n) is 3.16. The molecule has 0 fully saturated rings. The Kier molecular flexibility index (Phi) is 6.38. The Morgan fingerprint density at radius 3 is 2.26 bits per heavy atom. The largest absolute Gasteiger partial charge is 0.318 e. The van der Waals surface area contributed by atoms with Gasteiger partial charge in [0.1, 0.15) is 7.85 Å². The number of nitrogens with zero attached hydrogens (tertiary/aromatic N) is 2. The highest BCUT2D eigenvalue weighted by Crippen LogP contribution is 2.25. The normalized spacial score (nSPS) is 14.6. The van der Waals surface area contributed by atoms with Gasteiger partial charge in [-0.1, -0.05) is 20.3 Å². The smallest absolute Gasteiger partial charge is 0.185 e. The van der Waals surface area contributed by atoms with E-state index in [4.69, 9.17) is 4.99 Å². The van der Waals surface area contributed by atoms with Crippen molar-refractivity contribution in [3.8, 4) is 0 Å². The van der Waals surface area contributed by atoms with Crippen LogP contribution in [-0.2, 0) is 6.42 Å². The maximum Gasteiger partial charge on any atom is 0.185 e. The number of hydrogen-bond donors (Lipinski definition) is 0. The molecule has 1 unspecified atom stereocenters. The summed E-state index contributed by atoms with van der Waals surface area (Å²) in [4.78, 5) is 7.57. The molecule has 1 heterocycles. The predicted octanol–water partition coefficient (Wildman–Crippen LogP) is 3.48. The lowest BCUT2D eigenvalue weighted by Gasteiger charge is -2.15. The highest BCUT2D eigenvalue weighted by atomic mass is 32.1. The van der Waals surface area contributed by atoms with Crippen LogP contribution in [0.1, 0.15) is 76.8 Å². The lowest BCUT2D eigenvalue weighted by atomic mass is 9.86. The first-order chi connectivity index (χ1) is 8.88. The molecule has 0 aliphatic rings. The van der Waals surface area contributed by atoms with Crippen LogP contribution >= 0.6 is 11.3 Å². The van der Waals surface area contributed by atoms with Gasteiger partial charge in [-0.2, -0.15) is 0 Å². The molecule has 1 aromatic heterocycles. The first-order valence-corrected chi connectivity index (χ1v) is 8.48. The number of aromatic nitrogens is 1. The van der Waals surface area contributed by atoms with E-state index in [1.807, 2.05) is 11.3 Å². The van der Waals surface area contributed by atoms with Crippen LogP contribution < -0.4 is 4.80 Å². The quantitative estimate of drug-likeness (QED) is 0.710. The minimum absolute atomic E-state index is 0.364. The number of rotatable bonds is 6. The van der Waals surface area contributed by atoms with Gasteiger partial charge in [-0.05, 0) is 46.4 Å². The van der Waals surface area contributed by atoms with E-state index in [9.17, 15) is 0 Å². The molecule has 1 aromatic rings. The van der Waals surface area contributed by atoms with E-state index in [1.54, 1.807) is 0 Å². The second-order valence-electron chi connectivity index (χ2n) is 6.14. The highest BCUT2D eigenvalue weighted by Gasteiger charge is 2.17. The summed E-state index contributed by atoms with van der Waals surface area (Å²) in [5.41, 5.74) is 1.52. The van der Waals surface area contributed by atoms with E-state index in [2.05, 4.69) is 54.0 Å². The molecule has 0 saturated heterocycles. The van der Waals surface area contributed by atoms with Crippen molar-refractivity contribution in [3.63, 3.8) is 0 Å². The van der Waals surface area contributed by atoms with Gasteiger partial charge in [-0.3, -0.25) is 4.99 Å². The van der Waals surface area contributed by atoms with Crippen molar-refractivity contribution in [1.82, 2.24) is 4.57 Å². The maximum absolute atomic E-state index is 4.83. The van der Waals surface area contributed by atoms with Crippen LogP contribution in [0.4, 0.5) is 0 Å². The number of hydrogen-bond acceptors (Lipinski definition) is 2. The van der Waals surface area contributed by atoms with Crippen LogP contribution in [0, 0.1) is 0 Å². The Morgan fingerprint density at radius 1 is 1.21 bits per heavy atom. The van der Waals surface area contributed by atoms with Gasteiger partial charge in [-0.15, -0.1) is 11.3 Å². The predicted molar refractivity (Wildman–Crippen MR) is 89.0 cm³/mol. The Labute approximate surface area is 123 Å². The van der Waals surface area contributed by atoms with Gasteiger partial charge in [0.15, 0.2) is 4.80 Å². The molecule has 0 saturated carbocycles. The van der Waals surface area contributed by atoms with Gasteiger partial charge in [0.05, 0.1) is 0 Å². The minimum Gasteiger partial charge on any atom is -0.318 e. The molecule has 2 nitrogen and oxygen atoms in total. The van der Waals surface area contributed by atoms with Gasteiger partial charge in [0.2, 0.25) is 0 Å². The molecule has 0 amide bonds. The molecule has 19 heavy (non-hydrogen) atoms. The first-order valence-electron chi connectivity index (χ1n) is 7.66. The topological polar surface area (TPSA) is 17.3 Å². The molecule has 108 valence electrons. The van der Waals surface area contributed by atoms with Gasteiger partial charge in [0.25, 0.3) is 0 Å². The summed E-state index contributed by atoms with van der Waals surface area (Å²) in [5.74, 6) is 0.595. The lowest BCUT2D eigenvalue weighted by Crippen LogP contribution is -2.21. The standard InChI is InChI=1S/C15H29BN2S/c1-7-8-9-13-14(12(6)16)19-15(17-10(2)3)18(13)11(4)5/h10-12H,7-9,16H2,1-6H3/b17-15+. The molecular weight excluding hydrogens is 251 g/mol. The van der Waals surface area contributed by atoms with Gasteiger partial charge >= 0.3 is 0 Å². The fourth-order valence-corrected chi connectivity index (χ4v) is 3.76. The van der Waals surface area contributed by atoms with Crippen molar-refractivity contribution in [2.45, 2.75) is 78.7 Å². The van der Waals surface area contributed by atoms with E-state index >= 15 is 0 Å². The number of thiazole rings is 1. The van der Waals surface area contributed by atoms with Crippen molar-refractivity contribution >= 4 is 19.2 Å². The summed E-state index contributed by atoms with van der Waals surface area (Å²) in [6, 6.07) is 0.857. The molecule has 4 heteroatoms. The van der Waals surface area contributed by atoms with Crippen molar-refractivity contribution in [3.05, 3.63) is 15.4 Å². The second-order valence-corrected chi connectivity index (χ2v) is 7.15. The SMILES string of the molecule is BC(C)c1s/c(=N/C(C)C)n(C(C)C)c1CCCC. The van der Waals surface area contributed by atoms with E-state index in [-0.39, 0.29) is 0 Å². The fraction of sp³-hybridized carbons (Fsp3) is 0.800. The third kappa shape index (κ3) is 4.23. The summed E-state index contributed by atoms with van der Waals surface area (Å²) >= 11 is 1.90. The maximum atomic E-state index is 4.83. The van der Waals surface area contributed by atoms with Crippen molar-refractivity contribution in [2.24, 2.45) is 4.99 Å². The summed E-state index contributed by atoms with van der Waals surface area (Å²) < 4.78 is 2.47. The lowest BCUT2D eigenvalue weighted by molar-refractivity contribution is 0.540. The van der Waals surface area contributed by atoms with Gasteiger partial charge in [-0.25, -0.2) is 0 Å². The molecule has 1 rings (SSSR count). The summed E-state index contributed by atoms with van der Waals surface area (Å²) in [6.07, 6.45) is 3.71. The van der Waals surface area contributed by atoms with Crippen LogP contribution in [0.3, 0.4) is 0 Å². The molecule has 0 aliphatic carbocycles. The van der Waals surface area contributed by atoms with Crippen molar-refractivity contribution in [2.75, 3.05) is 0 Å². The van der Waals surface area contributed by atoms with E-state index in [1.165, 1.54) is 34.6 Å². The summed E-state index contributed by atoms with van der Waals surface area (Å²) in [6.45, 7) is 13.4. The molecule has 0 N–H and O–H groups in total. The Morgan fingerprint density at radius 2 is 1.84 bits per heavy atom. The van der Waals surface area contributed by atoms with Crippen molar-refractivity contribution in [1.29, 1.82) is 0 Å². The zero-order chi connectivity index (χ0) is 14.6. The average Bonchev–Trinajstić information content (AvgIpc) is 2.64. The zero-order valence-corrected chi connectivity index (χ0v) is 14.5. The van der Waals surface area contributed by atoms with Crippen LogP contribution in [-0.4, -0.2) is 18.5 Å². The molecule has 0 aliphatic heterocycles. The fourth-order valence-electron chi connectivity index (χ4n) is 2.32. The molecule has 0 spiro atoms. The number of unbranched alkanes of at least 4 members (excludes halogenated alkanes) is 1. The summed E-state index contributed by atoms with van der Waals surface area (Å²) in [7, 11) is 2.30. The van der Waals surface area contributed by atoms with E-state index < -0.39 is 0 Å². The Hall–Kier alpha value is -0.505. The Bertz CT molecular complexity index is 455. The molecule has 0 radical (unpaired) electrons. The zero-order valence-electron chi connectivity index (χ0n) is 13.7. The monoisotopic (exact) mass is 280 g/mol. The minimum atomic E-state index is 0.364. The van der Waals surface area contributed by atoms with Crippen LogP contribution in [0.5, 0.6) is 0 Å². The second kappa shape index (κ2) is 7.32. The highest BCUT2D eigenvalue weighted by molar-refractivity contribution is 7.09. The van der Waals surface area contributed by atoms with Crippen LogP contribution in [0.15, 0.2) is 4.99 Å². The van der Waals surface area contributed by atoms with E-state index in [0.29, 0.717) is 17.9 Å².